The Morgan fingerprint density at radius 2 is 2.05 bits per heavy atom. The molecule has 0 heterocycles. The fraction of sp³-hybridized carbons (Fsp3) is 0.133. The number of rotatable bonds is 4. The Kier molecular flexibility index (Phi) is 4.59. The minimum absolute atomic E-state index is 0.189. The molecule has 5 heteroatoms. The molecule has 0 unspecified atom stereocenters. The smallest absolute Gasteiger partial charge is 0.128 e. The summed E-state index contributed by atoms with van der Waals surface area (Å²) in [4.78, 5) is 0. The predicted octanol–water partition coefficient (Wildman–Crippen LogP) is 4.05. The summed E-state index contributed by atoms with van der Waals surface area (Å²) in [5.41, 5.74) is 1.25. The van der Waals surface area contributed by atoms with Gasteiger partial charge in [0.1, 0.15) is 23.9 Å². The number of hydrogen-bond acceptors (Lipinski definition) is 3. The molecule has 3 nitrogen and oxygen atoms in total. The lowest BCUT2D eigenvalue weighted by atomic mass is 10.1. The van der Waals surface area contributed by atoms with Crippen molar-refractivity contribution in [3.63, 3.8) is 0 Å². The molecule has 0 radical (unpaired) electrons. The Morgan fingerprint density at radius 1 is 1.25 bits per heavy atom. The van der Waals surface area contributed by atoms with E-state index in [1.54, 1.807) is 31.4 Å². The summed E-state index contributed by atoms with van der Waals surface area (Å²) in [6.07, 6.45) is 0. The minimum atomic E-state index is -0.382. The Hall–Kier alpha value is -2.06. The summed E-state index contributed by atoms with van der Waals surface area (Å²) >= 11 is 3.20. The van der Waals surface area contributed by atoms with E-state index in [2.05, 4.69) is 22.0 Å². The highest BCUT2D eigenvalue weighted by atomic mass is 79.9. The van der Waals surface area contributed by atoms with Gasteiger partial charge in [0.05, 0.1) is 18.7 Å². The number of methoxy groups -OCH3 is 1. The van der Waals surface area contributed by atoms with Crippen molar-refractivity contribution >= 4 is 15.9 Å². The van der Waals surface area contributed by atoms with Crippen molar-refractivity contribution in [1.29, 1.82) is 5.26 Å². The van der Waals surface area contributed by atoms with Crippen LogP contribution in [0.15, 0.2) is 40.9 Å². The van der Waals surface area contributed by atoms with Crippen molar-refractivity contribution in [2.24, 2.45) is 0 Å². The van der Waals surface area contributed by atoms with Gasteiger partial charge in [0.25, 0.3) is 0 Å². The number of hydrogen-bond donors (Lipinski definition) is 0. The van der Waals surface area contributed by atoms with Crippen LogP contribution in [-0.4, -0.2) is 7.11 Å². The van der Waals surface area contributed by atoms with E-state index in [1.165, 1.54) is 12.1 Å². The maximum absolute atomic E-state index is 13.2. The first-order chi connectivity index (χ1) is 9.62. The lowest BCUT2D eigenvalue weighted by Gasteiger charge is -2.11. The Balaban J connectivity index is 2.19. The third kappa shape index (κ3) is 3.49. The molecule has 0 saturated carbocycles. The van der Waals surface area contributed by atoms with Gasteiger partial charge in [0.2, 0.25) is 0 Å². The molecule has 2 aromatic rings. The van der Waals surface area contributed by atoms with E-state index < -0.39 is 0 Å². The Labute approximate surface area is 124 Å². The molecule has 0 atom stereocenters. The van der Waals surface area contributed by atoms with Gasteiger partial charge >= 0.3 is 0 Å². The molecule has 0 saturated heterocycles. The summed E-state index contributed by atoms with van der Waals surface area (Å²) in [6, 6.07) is 11.4. The molecule has 0 N–H and O–H groups in total. The monoisotopic (exact) mass is 335 g/mol. The summed E-state index contributed by atoms with van der Waals surface area (Å²) < 4.78 is 24.6. The van der Waals surface area contributed by atoms with E-state index in [4.69, 9.17) is 14.7 Å². The van der Waals surface area contributed by atoms with Crippen LogP contribution in [0.5, 0.6) is 11.5 Å². The second-order valence-electron chi connectivity index (χ2n) is 4.03. The van der Waals surface area contributed by atoms with Gasteiger partial charge in [-0.3, -0.25) is 0 Å². The van der Waals surface area contributed by atoms with Crippen LogP contribution in [0.4, 0.5) is 4.39 Å². The summed E-state index contributed by atoms with van der Waals surface area (Å²) in [5.74, 6) is 0.646. The van der Waals surface area contributed by atoms with Crippen LogP contribution >= 0.6 is 15.9 Å². The third-order valence-electron chi connectivity index (χ3n) is 2.64. The van der Waals surface area contributed by atoms with Crippen molar-refractivity contribution in [3.8, 4) is 17.6 Å². The Morgan fingerprint density at radius 3 is 2.70 bits per heavy atom. The second kappa shape index (κ2) is 6.40. The van der Waals surface area contributed by atoms with Gasteiger partial charge in [-0.2, -0.15) is 5.26 Å². The van der Waals surface area contributed by atoms with Crippen molar-refractivity contribution in [2.45, 2.75) is 6.61 Å². The van der Waals surface area contributed by atoms with E-state index in [9.17, 15) is 4.39 Å². The van der Waals surface area contributed by atoms with Crippen LogP contribution in [0.1, 0.15) is 11.1 Å². The normalized spacial score (nSPS) is 9.90. The summed E-state index contributed by atoms with van der Waals surface area (Å²) in [7, 11) is 1.55. The fourth-order valence-corrected chi connectivity index (χ4v) is 2.18. The maximum Gasteiger partial charge on any atom is 0.128 e. The van der Waals surface area contributed by atoms with Gasteiger partial charge in [0, 0.05) is 16.1 Å². The maximum atomic E-state index is 13.2. The van der Waals surface area contributed by atoms with E-state index in [-0.39, 0.29) is 12.4 Å². The van der Waals surface area contributed by atoms with Crippen molar-refractivity contribution < 1.29 is 13.9 Å². The topological polar surface area (TPSA) is 42.2 Å². The van der Waals surface area contributed by atoms with Gasteiger partial charge in [-0.1, -0.05) is 15.9 Å². The molecule has 0 aliphatic rings. The van der Waals surface area contributed by atoms with Gasteiger partial charge in [-0.15, -0.1) is 0 Å². The summed E-state index contributed by atoms with van der Waals surface area (Å²) in [6.45, 7) is 0.189. The van der Waals surface area contributed by atoms with Gasteiger partial charge in [-0.25, -0.2) is 4.39 Å². The first-order valence-corrected chi connectivity index (χ1v) is 6.57. The third-order valence-corrected chi connectivity index (χ3v) is 3.10. The largest absolute Gasteiger partial charge is 0.496 e. The van der Waals surface area contributed by atoms with E-state index in [0.717, 1.165) is 5.56 Å². The number of halogens is 2. The van der Waals surface area contributed by atoms with Crippen LogP contribution in [0.25, 0.3) is 0 Å². The molecular weight excluding hydrogens is 325 g/mol. The molecule has 2 rings (SSSR count). The molecule has 0 aliphatic heterocycles. The number of benzene rings is 2. The van der Waals surface area contributed by atoms with Gasteiger partial charge in [0.15, 0.2) is 0 Å². The molecule has 20 heavy (non-hydrogen) atoms. The van der Waals surface area contributed by atoms with Gasteiger partial charge in [-0.05, 0) is 30.3 Å². The number of nitrogens with zero attached hydrogens (tertiary/aromatic N) is 1. The standard InChI is InChI=1S/C15H11BrFNO2/c1-19-15-3-2-10(8-18)4-11(15)9-20-14-6-12(16)5-13(17)7-14/h2-7H,9H2,1H3. The number of ether oxygens (including phenoxy) is 2. The minimum Gasteiger partial charge on any atom is -0.496 e. The Bertz CT molecular complexity index is 647. The lowest BCUT2D eigenvalue weighted by Crippen LogP contribution is -1.99. The quantitative estimate of drug-likeness (QED) is 0.846. The van der Waals surface area contributed by atoms with Crippen molar-refractivity contribution in [1.82, 2.24) is 0 Å². The average Bonchev–Trinajstić information content (AvgIpc) is 2.43. The van der Waals surface area contributed by atoms with Crippen LogP contribution in [-0.2, 0) is 6.61 Å². The van der Waals surface area contributed by atoms with Crippen LogP contribution in [0.2, 0.25) is 0 Å². The number of nitriles is 1. The molecule has 102 valence electrons. The fourth-order valence-electron chi connectivity index (χ4n) is 1.73. The first-order valence-electron chi connectivity index (χ1n) is 5.78. The zero-order valence-corrected chi connectivity index (χ0v) is 12.3. The average molecular weight is 336 g/mol. The first kappa shape index (κ1) is 14.4. The predicted molar refractivity (Wildman–Crippen MR) is 76.1 cm³/mol. The summed E-state index contributed by atoms with van der Waals surface area (Å²) in [5, 5.41) is 8.90. The molecule has 0 bridgehead atoms. The molecule has 0 aromatic heterocycles. The van der Waals surface area contributed by atoms with Crippen LogP contribution < -0.4 is 9.47 Å². The van der Waals surface area contributed by atoms with Crippen molar-refractivity contribution in [2.75, 3.05) is 7.11 Å². The SMILES string of the molecule is COc1ccc(C#N)cc1COc1cc(F)cc(Br)c1. The van der Waals surface area contributed by atoms with Crippen molar-refractivity contribution in [3.05, 3.63) is 57.8 Å². The van der Waals surface area contributed by atoms with Crippen LogP contribution in [0.3, 0.4) is 0 Å². The van der Waals surface area contributed by atoms with Crippen LogP contribution in [0, 0.1) is 17.1 Å². The zero-order valence-electron chi connectivity index (χ0n) is 10.7. The van der Waals surface area contributed by atoms with Gasteiger partial charge < -0.3 is 9.47 Å². The highest BCUT2D eigenvalue weighted by Crippen LogP contribution is 2.24. The molecule has 0 spiro atoms. The molecule has 0 aliphatic carbocycles. The van der Waals surface area contributed by atoms with E-state index >= 15 is 0 Å². The zero-order chi connectivity index (χ0) is 14.5. The van der Waals surface area contributed by atoms with E-state index in [1.807, 2.05) is 0 Å². The molecule has 2 aromatic carbocycles. The van der Waals surface area contributed by atoms with E-state index in [0.29, 0.717) is 21.5 Å². The molecule has 0 fully saturated rings. The second-order valence-corrected chi connectivity index (χ2v) is 4.95. The molecular formula is C15H11BrFNO2. The highest BCUT2D eigenvalue weighted by molar-refractivity contribution is 9.10. The highest BCUT2D eigenvalue weighted by Gasteiger charge is 2.07. The molecule has 0 amide bonds. The lowest BCUT2D eigenvalue weighted by molar-refractivity contribution is 0.295.